The normalized spacial score (nSPS) is 18.7. The highest BCUT2D eigenvalue weighted by atomic mass is 16.6. The zero-order valence-corrected chi connectivity index (χ0v) is 13.9. The lowest BCUT2D eigenvalue weighted by Crippen LogP contribution is -2.44. The molecule has 1 aromatic carbocycles. The van der Waals surface area contributed by atoms with Crippen LogP contribution in [0.1, 0.15) is 18.4 Å². The zero-order valence-electron chi connectivity index (χ0n) is 13.9. The fraction of sp³-hybridized carbons (Fsp3) is 0.529. The third-order valence-corrected chi connectivity index (χ3v) is 4.14. The molecule has 2 amide bonds. The van der Waals surface area contributed by atoms with Gasteiger partial charge in [0, 0.05) is 7.11 Å². The Kier molecular flexibility index (Phi) is 6.65. The fourth-order valence-corrected chi connectivity index (χ4v) is 2.89. The lowest BCUT2D eigenvalue weighted by atomic mass is 9.93. The van der Waals surface area contributed by atoms with Crippen LogP contribution in [-0.4, -0.2) is 51.1 Å². The molecule has 124 valence electrons. The maximum Gasteiger partial charge on any atom is 0.416 e. The summed E-state index contributed by atoms with van der Waals surface area (Å²) >= 11 is 0. The number of benzene rings is 1. The number of carbonyl (C=O) groups excluding carboxylic acids is 2. The van der Waals surface area contributed by atoms with E-state index in [1.807, 2.05) is 30.3 Å². The highest BCUT2D eigenvalue weighted by molar-refractivity contribution is 6.08. The number of cyclic esters (lactones) is 1. The molecule has 0 bridgehead atoms. The monoisotopic (exact) mass is 317 g/mol. The lowest BCUT2D eigenvalue weighted by Gasteiger charge is -2.24. The molecule has 0 aromatic heterocycles. The van der Waals surface area contributed by atoms with Crippen LogP contribution in [0.15, 0.2) is 30.3 Å². The van der Waals surface area contributed by atoms with Crippen LogP contribution in [0, 0.1) is 5.92 Å². The van der Waals surface area contributed by atoms with Crippen molar-refractivity contribution in [3.63, 3.8) is 0 Å². The van der Waals surface area contributed by atoms with Gasteiger partial charge in [0.1, 0.15) is 14.5 Å². The first kappa shape index (κ1) is 17.5. The predicted octanol–water partition coefficient (Wildman–Crippen LogP) is 1.67. The average molecular weight is 317 g/mol. The first-order chi connectivity index (χ1) is 11.2. The number of hydrogen-bond donors (Lipinski definition) is 0. The van der Waals surface area contributed by atoms with Crippen molar-refractivity contribution in [1.82, 2.24) is 4.90 Å². The molecule has 2 rings (SSSR count). The highest BCUT2D eigenvalue weighted by Crippen LogP contribution is 2.22. The van der Waals surface area contributed by atoms with Gasteiger partial charge in [-0.05, 0) is 18.4 Å². The van der Waals surface area contributed by atoms with Crippen molar-refractivity contribution in [2.75, 3.05) is 20.3 Å². The van der Waals surface area contributed by atoms with Crippen LogP contribution >= 0.6 is 0 Å². The molecule has 1 heterocycles. The molecule has 0 spiro atoms. The summed E-state index contributed by atoms with van der Waals surface area (Å²) in [6.07, 6.45) is 2.75. The molecule has 0 N–H and O–H groups in total. The van der Waals surface area contributed by atoms with Gasteiger partial charge in [0.2, 0.25) is 5.91 Å². The Morgan fingerprint density at radius 2 is 2.17 bits per heavy atom. The van der Waals surface area contributed by atoms with E-state index in [-0.39, 0.29) is 24.5 Å². The van der Waals surface area contributed by atoms with Crippen molar-refractivity contribution in [2.24, 2.45) is 5.92 Å². The Hall–Kier alpha value is -1.82. The Morgan fingerprint density at radius 1 is 1.43 bits per heavy atom. The molecule has 0 saturated carbocycles. The molecule has 0 aliphatic carbocycles. The second-order valence-corrected chi connectivity index (χ2v) is 5.92. The van der Waals surface area contributed by atoms with Gasteiger partial charge in [0.25, 0.3) is 0 Å². The van der Waals surface area contributed by atoms with E-state index in [9.17, 15) is 9.59 Å². The number of nitrogens with zero attached hydrogens (tertiary/aromatic N) is 1. The zero-order chi connectivity index (χ0) is 16.7. The van der Waals surface area contributed by atoms with E-state index in [0.717, 1.165) is 24.7 Å². The molecular formula is C17H24BNO4. The Balaban J connectivity index is 2.09. The fourth-order valence-electron chi connectivity index (χ4n) is 2.89. The van der Waals surface area contributed by atoms with E-state index >= 15 is 0 Å². The maximum absolute atomic E-state index is 12.8. The van der Waals surface area contributed by atoms with Crippen LogP contribution in [0.2, 0.25) is 6.32 Å². The van der Waals surface area contributed by atoms with Gasteiger partial charge in [-0.3, -0.25) is 4.79 Å². The molecule has 1 fully saturated rings. The second-order valence-electron chi connectivity index (χ2n) is 5.92. The van der Waals surface area contributed by atoms with Gasteiger partial charge in [0.05, 0.1) is 18.6 Å². The summed E-state index contributed by atoms with van der Waals surface area (Å²) in [6, 6.07) is 9.60. The maximum atomic E-state index is 12.8. The van der Waals surface area contributed by atoms with Crippen LogP contribution in [0.5, 0.6) is 0 Å². The topological polar surface area (TPSA) is 55.8 Å². The third-order valence-electron chi connectivity index (χ3n) is 4.14. The summed E-state index contributed by atoms with van der Waals surface area (Å²) < 4.78 is 10.3. The number of hydrogen-bond acceptors (Lipinski definition) is 4. The lowest BCUT2D eigenvalue weighted by molar-refractivity contribution is -0.135. The van der Waals surface area contributed by atoms with E-state index in [1.165, 1.54) is 4.90 Å². The van der Waals surface area contributed by atoms with E-state index in [4.69, 9.17) is 9.47 Å². The number of amides is 2. The molecule has 5 nitrogen and oxygen atoms in total. The van der Waals surface area contributed by atoms with Gasteiger partial charge < -0.3 is 9.47 Å². The van der Waals surface area contributed by atoms with Crippen LogP contribution in [-0.2, 0) is 20.7 Å². The molecule has 6 heteroatoms. The van der Waals surface area contributed by atoms with Gasteiger partial charge in [-0.1, -0.05) is 43.1 Å². The summed E-state index contributed by atoms with van der Waals surface area (Å²) in [4.78, 5) is 26.1. The molecule has 1 aliphatic heterocycles. The Labute approximate surface area is 138 Å². The van der Waals surface area contributed by atoms with Gasteiger partial charge in [-0.15, -0.1) is 0 Å². The Morgan fingerprint density at radius 3 is 2.83 bits per heavy atom. The first-order valence-corrected chi connectivity index (χ1v) is 8.20. The van der Waals surface area contributed by atoms with Gasteiger partial charge in [-0.2, -0.15) is 0 Å². The summed E-state index contributed by atoms with van der Waals surface area (Å²) in [6.45, 7) is 0.591. The van der Waals surface area contributed by atoms with Crippen molar-refractivity contribution >= 4 is 19.8 Å². The molecule has 0 unspecified atom stereocenters. The number of imide groups is 1. The molecule has 23 heavy (non-hydrogen) atoms. The predicted molar refractivity (Wildman–Crippen MR) is 90.1 cm³/mol. The van der Waals surface area contributed by atoms with Crippen molar-refractivity contribution in [3.8, 4) is 0 Å². The standard InChI is InChI=1S/C17H24BNO4/c1-22-11-14(8-5-9-18)16(20)19-15(12-23-17(19)21)10-13-6-3-2-4-7-13/h2-4,6-7,14-15H,5,8-12,18H2,1H3/t14-,15+/m1/s1. The number of carbonyl (C=O) groups is 2. The van der Waals surface area contributed by atoms with Crippen LogP contribution < -0.4 is 0 Å². The van der Waals surface area contributed by atoms with Crippen molar-refractivity contribution in [1.29, 1.82) is 0 Å². The van der Waals surface area contributed by atoms with Crippen LogP contribution in [0.25, 0.3) is 0 Å². The van der Waals surface area contributed by atoms with Crippen molar-refractivity contribution in [2.45, 2.75) is 31.6 Å². The minimum absolute atomic E-state index is 0.177. The second kappa shape index (κ2) is 8.72. The van der Waals surface area contributed by atoms with Crippen molar-refractivity contribution < 1.29 is 19.1 Å². The number of rotatable bonds is 8. The van der Waals surface area contributed by atoms with Crippen LogP contribution in [0.4, 0.5) is 4.79 Å². The minimum Gasteiger partial charge on any atom is -0.447 e. The van der Waals surface area contributed by atoms with E-state index in [1.54, 1.807) is 7.11 Å². The molecule has 1 saturated heterocycles. The summed E-state index contributed by atoms with van der Waals surface area (Å²) in [5.74, 6) is -0.465. The van der Waals surface area contributed by atoms with Crippen molar-refractivity contribution in [3.05, 3.63) is 35.9 Å². The van der Waals surface area contributed by atoms with E-state index in [0.29, 0.717) is 13.0 Å². The molecule has 1 aromatic rings. The number of methoxy groups -OCH3 is 1. The Bertz CT molecular complexity index is 523. The quantitative estimate of drug-likeness (QED) is 0.685. The minimum atomic E-state index is -0.534. The third kappa shape index (κ3) is 4.58. The van der Waals surface area contributed by atoms with Gasteiger partial charge >= 0.3 is 6.09 Å². The molecule has 1 aliphatic rings. The van der Waals surface area contributed by atoms with E-state index < -0.39 is 6.09 Å². The summed E-state index contributed by atoms with van der Waals surface area (Å²) in [5, 5.41) is 0. The molecule has 0 radical (unpaired) electrons. The highest BCUT2D eigenvalue weighted by Gasteiger charge is 2.40. The SMILES string of the molecule is BCCC[C@H](COC)C(=O)N1C(=O)OC[C@@H]1Cc1ccccc1. The molecular weight excluding hydrogens is 293 g/mol. The smallest absolute Gasteiger partial charge is 0.416 e. The summed E-state index contributed by atoms with van der Waals surface area (Å²) in [5.41, 5.74) is 1.09. The van der Waals surface area contributed by atoms with Gasteiger partial charge in [0.15, 0.2) is 0 Å². The largest absolute Gasteiger partial charge is 0.447 e. The summed E-state index contributed by atoms with van der Waals surface area (Å²) in [7, 11) is 3.66. The average Bonchev–Trinajstić information content (AvgIpc) is 2.92. The van der Waals surface area contributed by atoms with Crippen LogP contribution in [0.3, 0.4) is 0 Å². The number of ether oxygens (including phenoxy) is 2. The first-order valence-electron chi connectivity index (χ1n) is 8.20. The van der Waals surface area contributed by atoms with Gasteiger partial charge in [-0.25, -0.2) is 9.69 Å². The molecule has 2 atom stereocenters. The van der Waals surface area contributed by atoms with E-state index in [2.05, 4.69) is 7.85 Å².